The Bertz CT molecular complexity index is 1120. The summed E-state index contributed by atoms with van der Waals surface area (Å²) in [4.78, 5) is 24.0. The summed E-state index contributed by atoms with van der Waals surface area (Å²) >= 11 is 0. The zero-order chi connectivity index (χ0) is 24.5. The predicted octanol–water partition coefficient (Wildman–Crippen LogP) is 2.87. The van der Waals surface area contributed by atoms with Gasteiger partial charge >= 0.3 is 0 Å². The van der Waals surface area contributed by atoms with Crippen LogP contribution in [-0.4, -0.2) is 50.7 Å². The van der Waals surface area contributed by atoms with Gasteiger partial charge in [-0.25, -0.2) is 0 Å². The maximum Gasteiger partial charge on any atom is 0.273 e. The van der Waals surface area contributed by atoms with Crippen LogP contribution in [0.1, 0.15) is 65.5 Å². The molecule has 0 saturated carbocycles. The number of nitrogens with one attached hydrogen (secondary N) is 2. The molecule has 1 atom stereocenters. The number of hydrogen-bond acceptors (Lipinski definition) is 7. The quantitative estimate of drug-likeness (QED) is 0.430. The second-order valence-electron chi connectivity index (χ2n) is 8.64. The Hall–Kier alpha value is -3.66. The van der Waals surface area contributed by atoms with E-state index in [1.807, 2.05) is 18.2 Å². The maximum absolute atomic E-state index is 12.5. The molecule has 2 N–H and O–H groups in total. The third-order valence-corrected chi connectivity index (χ3v) is 5.92. The average Bonchev–Trinajstić information content (AvgIpc) is 3.37. The second-order valence-corrected chi connectivity index (χ2v) is 8.64. The highest BCUT2D eigenvalue weighted by Gasteiger charge is 2.16. The van der Waals surface area contributed by atoms with Crippen LogP contribution in [0, 0.1) is 0 Å². The molecule has 1 aliphatic heterocycles. The van der Waals surface area contributed by atoms with E-state index in [4.69, 9.17) is 4.74 Å². The van der Waals surface area contributed by atoms with Gasteiger partial charge < -0.3 is 15.4 Å². The van der Waals surface area contributed by atoms with Crippen LogP contribution in [0.3, 0.4) is 0 Å². The van der Waals surface area contributed by atoms with E-state index in [0.29, 0.717) is 18.1 Å². The van der Waals surface area contributed by atoms with Crippen molar-refractivity contribution < 1.29 is 14.3 Å². The number of ether oxygens (including phenoxy) is 1. The van der Waals surface area contributed by atoms with Crippen molar-refractivity contribution in [3.05, 3.63) is 65.1 Å². The molecule has 4 rings (SSSR count). The maximum atomic E-state index is 12.5. The third-order valence-electron chi connectivity index (χ3n) is 5.92. The average molecular weight is 478 g/mol. The van der Waals surface area contributed by atoms with Gasteiger partial charge in [0.15, 0.2) is 11.5 Å². The molecule has 1 saturated heterocycles. The molecule has 3 aromatic rings. The van der Waals surface area contributed by atoms with Crippen molar-refractivity contribution in [1.82, 2.24) is 30.5 Å². The van der Waals surface area contributed by atoms with Crippen LogP contribution in [0.5, 0.6) is 0 Å². The number of nitrogens with zero attached hydrogens (tertiary/aromatic N) is 5. The second kappa shape index (κ2) is 12.2. The lowest BCUT2D eigenvalue weighted by atomic mass is 9.98. The first kappa shape index (κ1) is 24.5. The highest BCUT2D eigenvalue weighted by Crippen LogP contribution is 2.28. The Morgan fingerprint density at radius 1 is 1.11 bits per heavy atom. The van der Waals surface area contributed by atoms with E-state index < -0.39 is 0 Å². The Labute approximate surface area is 204 Å². The van der Waals surface area contributed by atoms with Gasteiger partial charge in [-0.15, -0.1) is 10.2 Å². The van der Waals surface area contributed by atoms with E-state index in [0.717, 1.165) is 55.5 Å². The van der Waals surface area contributed by atoms with Crippen molar-refractivity contribution >= 4 is 17.6 Å². The molecule has 2 aromatic heterocycles. The molecule has 1 aromatic carbocycles. The first-order valence-electron chi connectivity index (χ1n) is 12.1. The van der Waals surface area contributed by atoms with Crippen molar-refractivity contribution in [3.63, 3.8) is 0 Å². The lowest BCUT2D eigenvalue weighted by Crippen LogP contribution is -2.18. The minimum absolute atomic E-state index is 0.126. The van der Waals surface area contributed by atoms with Crippen molar-refractivity contribution in [1.29, 1.82) is 0 Å². The van der Waals surface area contributed by atoms with Crippen LogP contribution in [-0.2, 0) is 28.9 Å². The number of amides is 2. The number of hydrogen-bond donors (Lipinski definition) is 2. The molecule has 0 spiro atoms. The van der Waals surface area contributed by atoms with E-state index in [9.17, 15) is 9.59 Å². The fraction of sp³-hybridized carbons (Fsp3) is 0.440. The molecule has 184 valence electrons. The standard InChI is InChI=1S/C25H31N7O3/c1-26-25(34)21-17-32(31-29-21)13-4-2-9-20-11-12-23(30-28-20)27-24(33)16-18-7-6-8-19(15-18)22-10-3-5-14-35-22/h6-8,11-12,15,17,22H,2-5,9-10,13-14,16H2,1H3,(H,26,34)(H,27,30,33). The molecular weight excluding hydrogens is 446 g/mol. The summed E-state index contributed by atoms with van der Waals surface area (Å²) in [5, 5.41) is 21.5. The van der Waals surface area contributed by atoms with Gasteiger partial charge in [-0.3, -0.25) is 14.3 Å². The lowest BCUT2D eigenvalue weighted by Gasteiger charge is -2.23. The minimum atomic E-state index is -0.249. The van der Waals surface area contributed by atoms with Crippen molar-refractivity contribution in [2.45, 2.75) is 57.6 Å². The molecule has 1 aliphatic rings. The first-order chi connectivity index (χ1) is 17.1. The fourth-order valence-corrected chi connectivity index (χ4v) is 4.06. The Balaban J connectivity index is 1.20. The van der Waals surface area contributed by atoms with Gasteiger partial charge in [0.1, 0.15) is 0 Å². The first-order valence-corrected chi connectivity index (χ1v) is 12.1. The Morgan fingerprint density at radius 3 is 2.80 bits per heavy atom. The van der Waals surface area contributed by atoms with Crippen LogP contribution in [0.4, 0.5) is 5.82 Å². The van der Waals surface area contributed by atoms with Gasteiger partial charge in [-0.2, -0.15) is 5.10 Å². The summed E-state index contributed by atoms with van der Waals surface area (Å²) in [7, 11) is 1.56. The molecule has 1 unspecified atom stereocenters. The van der Waals surface area contributed by atoms with Gasteiger partial charge in [0.05, 0.1) is 24.4 Å². The number of rotatable bonds is 10. The van der Waals surface area contributed by atoms with E-state index >= 15 is 0 Å². The van der Waals surface area contributed by atoms with E-state index in [-0.39, 0.29) is 24.3 Å². The molecular formula is C25H31N7O3. The van der Waals surface area contributed by atoms with Gasteiger partial charge in [0, 0.05) is 20.2 Å². The summed E-state index contributed by atoms with van der Waals surface area (Å²) in [6, 6.07) is 11.7. The lowest BCUT2D eigenvalue weighted by molar-refractivity contribution is -0.115. The van der Waals surface area contributed by atoms with E-state index in [1.54, 1.807) is 24.0 Å². The molecule has 1 fully saturated rings. The number of carbonyl (C=O) groups excluding carboxylic acids is 2. The summed E-state index contributed by atoms with van der Waals surface area (Å²) < 4.78 is 7.52. The monoisotopic (exact) mass is 477 g/mol. The van der Waals surface area contributed by atoms with Crippen LogP contribution in [0.25, 0.3) is 0 Å². The van der Waals surface area contributed by atoms with Crippen molar-refractivity contribution in [2.24, 2.45) is 0 Å². The zero-order valence-electron chi connectivity index (χ0n) is 19.9. The highest BCUT2D eigenvalue weighted by atomic mass is 16.5. The molecule has 35 heavy (non-hydrogen) atoms. The molecule has 10 heteroatoms. The van der Waals surface area contributed by atoms with E-state index in [1.165, 1.54) is 6.42 Å². The Kier molecular flexibility index (Phi) is 8.50. The van der Waals surface area contributed by atoms with Crippen LogP contribution < -0.4 is 10.6 Å². The molecule has 0 bridgehead atoms. The van der Waals surface area contributed by atoms with Gasteiger partial charge in [0.2, 0.25) is 5.91 Å². The van der Waals surface area contributed by atoms with Crippen molar-refractivity contribution in [3.8, 4) is 0 Å². The fourth-order valence-electron chi connectivity index (χ4n) is 4.06. The van der Waals surface area contributed by atoms with Crippen molar-refractivity contribution in [2.75, 3.05) is 19.0 Å². The van der Waals surface area contributed by atoms with Gasteiger partial charge in [-0.1, -0.05) is 29.5 Å². The number of aryl methyl sites for hydroxylation is 2. The minimum Gasteiger partial charge on any atom is -0.374 e. The third kappa shape index (κ3) is 7.16. The molecule has 10 nitrogen and oxygen atoms in total. The number of aromatic nitrogens is 5. The highest BCUT2D eigenvalue weighted by molar-refractivity contribution is 5.91. The van der Waals surface area contributed by atoms with Crippen LogP contribution in [0.15, 0.2) is 42.6 Å². The SMILES string of the molecule is CNC(=O)c1cn(CCCCc2ccc(NC(=O)Cc3cccc(C4CCCCO4)c3)nn2)nn1. The Morgan fingerprint density at radius 2 is 2.03 bits per heavy atom. The summed E-state index contributed by atoms with van der Waals surface area (Å²) in [5.74, 6) is 0.0638. The van der Waals surface area contributed by atoms with Gasteiger partial charge in [-0.05, 0) is 61.8 Å². The predicted molar refractivity (Wildman–Crippen MR) is 130 cm³/mol. The van der Waals surface area contributed by atoms with Crippen LogP contribution >= 0.6 is 0 Å². The van der Waals surface area contributed by atoms with Crippen LogP contribution in [0.2, 0.25) is 0 Å². The smallest absolute Gasteiger partial charge is 0.273 e. The summed E-state index contributed by atoms with van der Waals surface area (Å²) in [6.45, 7) is 1.46. The number of anilines is 1. The van der Waals surface area contributed by atoms with E-state index in [2.05, 4.69) is 43.3 Å². The largest absolute Gasteiger partial charge is 0.374 e. The number of unbranched alkanes of at least 4 members (excludes halogenated alkanes) is 1. The number of benzene rings is 1. The summed E-state index contributed by atoms with van der Waals surface area (Å²) in [6.07, 6.45) is 7.85. The molecule has 2 amide bonds. The summed E-state index contributed by atoms with van der Waals surface area (Å²) in [5.41, 5.74) is 3.25. The van der Waals surface area contributed by atoms with Gasteiger partial charge in [0.25, 0.3) is 5.91 Å². The molecule has 3 heterocycles. The molecule has 0 aliphatic carbocycles. The normalized spacial score (nSPS) is 15.5. The molecule has 0 radical (unpaired) electrons. The zero-order valence-corrected chi connectivity index (χ0v) is 19.9. The topological polar surface area (TPSA) is 124 Å². The number of carbonyl (C=O) groups is 2.